The summed E-state index contributed by atoms with van der Waals surface area (Å²) in [5, 5.41) is 11.9. The minimum atomic E-state index is -0.853. The van der Waals surface area contributed by atoms with E-state index in [1.807, 2.05) is 32.0 Å². The standard InChI is InChI=1S/C17H24N2O4.ClH/c1-12-5-3-6-13(2)16(12)23-10-8-18-15(20)11-19-9-4-7-14(19)17(21)22;/h3,5-6,14H,4,7-11H2,1-2H3,(H,18,20)(H,21,22);1H. The summed E-state index contributed by atoms with van der Waals surface area (Å²) in [5.74, 6) is -0.163. The molecule has 1 unspecified atom stereocenters. The first kappa shape index (κ1) is 20.3. The van der Waals surface area contributed by atoms with Gasteiger partial charge in [0.15, 0.2) is 0 Å². The van der Waals surface area contributed by atoms with E-state index in [9.17, 15) is 9.59 Å². The maximum absolute atomic E-state index is 11.9. The number of carboxylic acids is 1. The summed E-state index contributed by atoms with van der Waals surface area (Å²) in [7, 11) is 0. The van der Waals surface area contributed by atoms with E-state index in [1.165, 1.54) is 0 Å². The van der Waals surface area contributed by atoms with Crippen LogP contribution in [0, 0.1) is 13.8 Å². The number of hydrogen-bond acceptors (Lipinski definition) is 4. The van der Waals surface area contributed by atoms with Crippen molar-refractivity contribution >= 4 is 24.3 Å². The average Bonchev–Trinajstić information content (AvgIpc) is 2.94. The van der Waals surface area contributed by atoms with Crippen LogP contribution in [-0.4, -0.2) is 54.2 Å². The fraction of sp³-hybridized carbons (Fsp3) is 0.529. The molecule has 0 aliphatic carbocycles. The van der Waals surface area contributed by atoms with Gasteiger partial charge in [-0.05, 0) is 44.4 Å². The van der Waals surface area contributed by atoms with Gasteiger partial charge < -0.3 is 15.2 Å². The Morgan fingerprint density at radius 2 is 2.00 bits per heavy atom. The second-order valence-corrected chi connectivity index (χ2v) is 5.89. The van der Waals surface area contributed by atoms with Crippen LogP contribution in [0.5, 0.6) is 5.75 Å². The van der Waals surface area contributed by atoms with Gasteiger partial charge in [-0.15, -0.1) is 12.4 Å². The van der Waals surface area contributed by atoms with E-state index in [4.69, 9.17) is 9.84 Å². The van der Waals surface area contributed by atoms with Gasteiger partial charge in [0, 0.05) is 0 Å². The molecule has 0 radical (unpaired) electrons. The molecular formula is C17H25ClN2O4. The number of halogens is 1. The number of ether oxygens (including phenoxy) is 1. The lowest BCUT2D eigenvalue weighted by Gasteiger charge is -2.20. The highest BCUT2D eigenvalue weighted by molar-refractivity contribution is 5.85. The van der Waals surface area contributed by atoms with Crippen molar-refractivity contribution in [2.75, 3.05) is 26.2 Å². The van der Waals surface area contributed by atoms with Gasteiger partial charge in [-0.1, -0.05) is 18.2 Å². The zero-order chi connectivity index (χ0) is 16.8. The summed E-state index contributed by atoms with van der Waals surface area (Å²) in [6.07, 6.45) is 1.43. The number of rotatable bonds is 7. The van der Waals surface area contributed by atoms with E-state index in [0.29, 0.717) is 26.1 Å². The molecular weight excluding hydrogens is 332 g/mol. The zero-order valence-corrected chi connectivity index (χ0v) is 14.9. The Morgan fingerprint density at radius 3 is 2.62 bits per heavy atom. The molecule has 1 aliphatic rings. The number of carboxylic acid groups (broad SMARTS) is 1. The van der Waals surface area contributed by atoms with Gasteiger partial charge in [-0.25, -0.2) is 0 Å². The van der Waals surface area contributed by atoms with Crippen LogP contribution in [0.1, 0.15) is 24.0 Å². The van der Waals surface area contributed by atoms with Crippen LogP contribution in [0.4, 0.5) is 0 Å². The molecule has 0 spiro atoms. The Kier molecular flexibility index (Phi) is 8.01. The number of amides is 1. The number of carbonyl (C=O) groups excluding carboxylic acids is 1. The van der Waals surface area contributed by atoms with Crippen molar-refractivity contribution < 1.29 is 19.4 Å². The largest absolute Gasteiger partial charge is 0.491 e. The Morgan fingerprint density at radius 1 is 1.33 bits per heavy atom. The molecule has 1 fully saturated rings. The third-order valence-corrected chi connectivity index (χ3v) is 4.07. The maximum atomic E-state index is 11.9. The van der Waals surface area contributed by atoms with E-state index in [-0.39, 0.29) is 24.9 Å². The molecule has 1 atom stereocenters. The van der Waals surface area contributed by atoms with Crippen LogP contribution in [0.25, 0.3) is 0 Å². The van der Waals surface area contributed by atoms with Gasteiger partial charge in [-0.2, -0.15) is 0 Å². The summed E-state index contributed by atoms with van der Waals surface area (Å²) in [5.41, 5.74) is 2.13. The van der Waals surface area contributed by atoms with Gasteiger partial charge in [0.25, 0.3) is 0 Å². The first-order valence-corrected chi connectivity index (χ1v) is 7.91. The fourth-order valence-corrected chi connectivity index (χ4v) is 2.91. The highest BCUT2D eigenvalue weighted by Gasteiger charge is 2.31. The molecule has 1 saturated heterocycles. The van der Waals surface area contributed by atoms with E-state index in [0.717, 1.165) is 23.3 Å². The molecule has 0 saturated carbocycles. The smallest absolute Gasteiger partial charge is 0.320 e. The van der Waals surface area contributed by atoms with Crippen LogP contribution in [0.2, 0.25) is 0 Å². The third-order valence-electron chi connectivity index (χ3n) is 4.07. The number of carbonyl (C=O) groups is 2. The molecule has 7 heteroatoms. The van der Waals surface area contributed by atoms with Crippen LogP contribution in [-0.2, 0) is 9.59 Å². The first-order chi connectivity index (χ1) is 11.0. The van der Waals surface area contributed by atoms with Gasteiger partial charge in [0.1, 0.15) is 18.4 Å². The Balaban J connectivity index is 0.00000288. The molecule has 1 aliphatic heterocycles. The predicted octanol–water partition coefficient (Wildman–Crippen LogP) is 1.77. The van der Waals surface area contributed by atoms with E-state index >= 15 is 0 Å². The molecule has 0 bridgehead atoms. The van der Waals surface area contributed by atoms with Crippen molar-refractivity contribution in [1.82, 2.24) is 10.2 Å². The van der Waals surface area contributed by atoms with Crippen LogP contribution in [0.3, 0.4) is 0 Å². The number of nitrogens with one attached hydrogen (secondary N) is 1. The second-order valence-electron chi connectivity index (χ2n) is 5.89. The number of hydrogen-bond donors (Lipinski definition) is 2. The zero-order valence-electron chi connectivity index (χ0n) is 14.1. The number of benzene rings is 1. The van der Waals surface area contributed by atoms with Gasteiger partial charge in [0.2, 0.25) is 5.91 Å². The highest BCUT2D eigenvalue weighted by atomic mass is 35.5. The molecule has 6 nitrogen and oxygen atoms in total. The monoisotopic (exact) mass is 356 g/mol. The van der Waals surface area contributed by atoms with E-state index in [1.54, 1.807) is 4.90 Å². The molecule has 1 aromatic carbocycles. The van der Waals surface area contributed by atoms with Crippen molar-refractivity contribution in [1.29, 1.82) is 0 Å². The van der Waals surface area contributed by atoms with Crippen molar-refractivity contribution in [3.05, 3.63) is 29.3 Å². The van der Waals surface area contributed by atoms with Crippen LogP contribution >= 0.6 is 12.4 Å². The number of para-hydroxylation sites is 1. The molecule has 0 aromatic heterocycles. The summed E-state index contributed by atoms with van der Waals surface area (Å²) in [4.78, 5) is 24.7. The van der Waals surface area contributed by atoms with Crippen molar-refractivity contribution in [2.45, 2.75) is 32.7 Å². The Hall–Kier alpha value is -1.79. The maximum Gasteiger partial charge on any atom is 0.320 e. The minimum Gasteiger partial charge on any atom is -0.491 e. The third kappa shape index (κ3) is 5.39. The summed E-state index contributed by atoms with van der Waals surface area (Å²) >= 11 is 0. The fourth-order valence-electron chi connectivity index (χ4n) is 2.91. The number of nitrogens with zero attached hydrogens (tertiary/aromatic N) is 1. The minimum absolute atomic E-state index is 0. The van der Waals surface area contributed by atoms with Gasteiger partial charge >= 0.3 is 5.97 Å². The quantitative estimate of drug-likeness (QED) is 0.728. The molecule has 1 heterocycles. The molecule has 1 amide bonds. The lowest BCUT2D eigenvalue weighted by Crippen LogP contribution is -2.43. The highest BCUT2D eigenvalue weighted by Crippen LogP contribution is 2.22. The lowest BCUT2D eigenvalue weighted by atomic mass is 10.1. The van der Waals surface area contributed by atoms with Crippen LogP contribution < -0.4 is 10.1 Å². The van der Waals surface area contributed by atoms with Gasteiger partial charge in [0.05, 0.1) is 13.1 Å². The summed E-state index contributed by atoms with van der Waals surface area (Å²) in [6.45, 7) is 5.54. The molecule has 24 heavy (non-hydrogen) atoms. The number of aliphatic carboxylic acids is 1. The van der Waals surface area contributed by atoms with Gasteiger partial charge in [-0.3, -0.25) is 14.5 Å². The predicted molar refractivity (Wildman–Crippen MR) is 93.9 cm³/mol. The normalized spacial score (nSPS) is 17.2. The van der Waals surface area contributed by atoms with Crippen molar-refractivity contribution in [3.8, 4) is 5.75 Å². The lowest BCUT2D eigenvalue weighted by molar-refractivity contribution is -0.142. The molecule has 134 valence electrons. The topological polar surface area (TPSA) is 78.9 Å². The Bertz CT molecular complexity index is 559. The van der Waals surface area contributed by atoms with Crippen LogP contribution in [0.15, 0.2) is 18.2 Å². The average molecular weight is 357 g/mol. The SMILES string of the molecule is Cc1cccc(C)c1OCCNC(=O)CN1CCCC1C(=O)O.Cl. The summed E-state index contributed by atoms with van der Waals surface area (Å²) in [6, 6.07) is 5.42. The summed E-state index contributed by atoms with van der Waals surface area (Å²) < 4.78 is 5.72. The molecule has 2 N–H and O–H groups in total. The molecule has 2 rings (SSSR count). The second kappa shape index (κ2) is 9.49. The first-order valence-electron chi connectivity index (χ1n) is 7.91. The Labute approximate surface area is 148 Å². The van der Waals surface area contributed by atoms with E-state index in [2.05, 4.69) is 5.32 Å². The van der Waals surface area contributed by atoms with Crippen molar-refractivity contribution in [3.63, 3.8) is 0 Å². The van der Waals surface area contributed by atoms with Crippen molar-refractivity contribution in [2.24, 2.45) is 0 Å². The number of likely N-dealkylation sites (tertiary alicyclic amines) is 1. The molecule has 1 aromatic rings. The number of aryl methyl sites for hydroxylation is 2. The van der Waals surface area contributed by atoms with E-state index < -0.39 is 12.0 Å².